The van der Waals surface area contributed by atoms with Gasteiger partial charge in [0, 0.05) is 0 Å². The Labute approximate surface area is 201 Å². The molecule has 0 saturated heterocycles. The van der Waals surface area contributed by atoms with Gasteiger partial charge in [0.2, 0.25) is 0 Å². The first-order chi connectivity index (χ1) is 15.7. The molecule has 0 aliphatic heterocycles. The molecule has 0 spiro atoms. The second-order valence-electron chi connectivity index (χ2n) is 11.2. The highest BCUT2D eigenvalue weighted by Gasteiger charge is 2.55. The van der Waals surface area contributed by atoms with Crippen LogP contribution in [0.2, 0.25) is 0 Å². The van der Waals surface area contributed by atoms with Gasteiger partial charge in [0.1, 0.15) is 6.61 Å². The second-order valence-corrected chi connectivity index (χ2v) is 11.2. The van der Waals surface area contributed by atoms with Crippen molar-refractivity contribution in [2.75, 3.05) is 6.61 Å². The number of benzene rings is 1. The molecule has 1 N–H and O–H groups in total. The monoisotopic (exact) mass is 455 g/mol. The minimum Gasteiger partial charge on any atom is -0.481 e. The zero-order chi connectivity index (χ0) is 24.1. The van der Waals surface area contributed by atoms with Crippen LogP contribution in [0.15, 0.2) is 17.3 Å². The predicted octanol–water partition coefficient (Wildman–Crippen LogP) is 7.62. The molecule has 3 atom stereocenters. The molecule has 1 aromatic rings. The molecule has 0 amide bonds. The molecule has 0 radical (unpaired) electrons. The number of carboxylic acid groups (broad SMARTS) is 1. The molecule has 1 aromatic carbocycles. The Kier molecular flexibility index (Phi) is 8.64. The van der Waals surface area contributed by atoms with Crippen LogP contribution in [0.25, 0.3) is 0 Å². The van der Waals surface area contributed by atoms with Gasteiger partial charge in [-0.2, -0.15) is 0 Å². The Morgan fingerprint density at radius 2 is 1.91 bits per heavy atom. The van der Waals surface area contributed by atoms with Gasteiger partial charge in [0.25, 0.3) is 0 Å². The lowest BCUT2D eigenvalue weighted by molar-refractivity contribution is -0.157. The SMILES string of the molecule is CCCCCCCCO/N=C/c1cc2c(cc1C(C)C)CCC1[C@](C)(C(=O)O)CCC[C@]21C. The van der Waals surface area contributed by atoms with Crippen LogP contribution in [0.4, 0.5) is 0 Å². The molecule has 33 heavy (non-hydrogen) atoms. The highest BCUT2D eigenvalue weighted by Crippen LogP contribution is 2.57. The van der Waals surface area contributed by atoms with Crippen molar-refractivity contribution in [2.45, 2.75) is 117 Å². The molecular weight excluding hydrogens is 410 g/mol. The average molecular weight is 456 g/mol. The Balaban J connectivity index is 1.79. The van der Waals surface area contributed by atoms with Gasteiger partial charge in [-0.15, -0.1) is 0 Å². The molecule has 2 aliphatic rings. The summed E-state index contributed by atoms with van der Waals surface area (Å²) in [5.74, 6) is -0.0653. The average Bonchev–Trinajstić information content (AvgIpc) is 2.77. The summed E-state index contributed by atoms with van der Waals surface area (Å²) in [6, 6.07) is 4.67. The fourth-order valence-electron chi connectivity index (χ4n) is 6.51. The number of aryl methyl sites for hydroxylation is 1. The Hall–Kier alpha value is -1.84. The third kappa shape index (κ3) is 5.46. The van der Waals surface area contributed by atoms with E-state index in [1.807, 2.05) is 13.1 Å². The molecule has 4 nitrogen and oxygen atoms in total. The van der Waals surface area contributed by atoms with Crippen molar-refractivity contribution >= 4 is 12.2 Å². The number of nitrogens with zero attached hydrogens (tertiary/aromatic N) is 1. The molecule has 0 bridgehead atoms. The van der Waals surface area contributed by atoms with Gasteiger partial charge in [0.15, 0.2) is 0 Å². The summed E-state index contributed by atoms with van der Waals surface area (Å²) in [5.41, 5.74) is 4.42. The minimum atomic E-state index is -0.643. The summed E-state index contributed by atoms with van der Waals surface area (Å²) in [6.07, 6.45) is 14.0. The first-order valence-corrected chi connectivity index (χ1v) is 13.3. The van der Waals surface area contributed by atoms with Crippen molar-refractivity contribution in [3.05, 3.63) is 34.4 Å². The summed E-state index contributed by atoms with van der Waals surface area (Å²) in [4.78, 5) is 17.9. The number of carbonyl (C=O) groups is 1. The summed E-state index contributed by atoms with van der Waals surface area (Å²) in [7, 11) is 0. The number of hydrogen-bond donors (Lipinski definition) is 1. The molecule has 3 rings (SSSR count). The first-order valence-electron chi connectivity index (χ1n) is 13.3. The van der Waals surface area contributed by atoms with Crippen LogP contribution in [0.3, 0.4) is 0 Å². The zero-order valence-corrected chi connectivity index (χ0v) is 21.6. The lowest BCUT2D eigenvalue weighted by Crippen LogP contribution is -2.52. The standard InChI is InChI=1S/C29H45NO3/c1-6-7-8-9-10-11-17-33-30-20-23-19-25-22(18-24(23)21(2)3)13-14-26-28(25,4)15-12-16-29(26,5)27(31)32/h18-21,26H,6-17H2,1-5H3,(H,31,32)/b30-20+/t26?,28-,29-/m1/s1. The smallest absolute Gasteiger partial charge is 0.309 e. The van der Waals surface area contributed by atoms with Crippen molar-refractivity contribution in [1.29, 1.82) is 0 Å². The Morgan fingerprint density at radius 3 is 2.61 bits per heavy atom. The van der Waals surface area contributed by atoms with E-state index in [1.54, 1.807) is 0 Å². The van der Waals surface area contributed by atoms with E-state index < -0.39 is 11.4 Å². The fourth-order valence-corrected chi connectivity index (χ4v) is 6.51. The van der Waals surface area contributed by atoms with Gasteiger partial charge < -0.3 is 9.94 Å². The predicted molar refractivity (Wildman–Crippen MR) is 136 cm³/mol. The van der Waals surface area contributed by atoms with Crippen molar-refractivity contribution < 1.29 is 14.7 Å². The van der Waals surface area contributed by atoms with Crippen LogP contribution < -0.4 is 0 Å². The topological polar surface area (TPSA) is 58.9 Å². The molecule has 2 aliphatic carbocycles. The van der Waals surface area contributed by atoms with Gasteiger partial charge >= 0.3 is 5.97 Å². The second kappa shape index (κ2) is 11.1. The number of aliphatic carboxylic acids is 1. The van der Waals surface area contributed by atoms with Crippen LogP contribution in [-0.2, 0) is 21.5 Å². The van der Waals surface area contributed by atoms with Crippen molar-refractivity contribution in [3.8, 4) is 0 Å². The largest absolute Gasteiger partial charge is 0.481 e. The maximum atomic E-state index is 12.3. The van der Waals surface area contributed by atoms with E-state index in [1.165, 1.54) is 48.8 Å². The van der Waals surface area contributed by atoms with Gasteiger partial charge in [-0.25, -0.2) is 0 Å². The molecule has 1 fully saturated rings. The molecular formula is C29H45NO3. The van der Waals surface area contributed by atoms with Crippen molar-refractivity contribution in [3.63, 3.8) is 0 Å². The molecule has 1 saturated carbocycles. The maximum Gasteiger partial charge on any atom is 0.309 e. The molecule has 0 aromatic heterocycles. The number of oxime groups is 1. The van der Waals surface area contributed by atoms with Gasteiger partial charge in [0.05, 0.1) is 11.6 Å². The number of hydrogen-bond acceptors (Lipinski definition) is 3. The third-order valence-electron chi connectivity index (χ3n) is 8.52. The van der Waals surface area contributed by atoms with E-state index in [2.05, 4.69) is 45.0 Å². The lowest BCUT2D eigenvalue weighted by atomic mass is 9.49. The molecule has 0 heterocycles. The number of rotatable bonds is 11. The third-order valence-corrected chi connectivity index (χ3v) is 8.52. The van der Waals surface area contributed by atoms with Crippen molar-refractivity contribution in [1.82, 2.24) is 0 Å². The number of carboxylic acids is 1. The van der Waals surface area contributed by atoms with Crippen LogP contribution in [0, 0.1) is 11.3 Å². The van der Waals surface area contributed by atoms with Crippen LogP contribution in [0.5, 0.6) is 0 Å². The highest BCUT2D eigenvalue weighted by molar-refractivity contribution is 5.83. The number of fused-ring (bicyclic) bond motifs is 3. The number of unbranched alkanes of at least 4 members (excludes halogenated alkanes) is 5. The van der Waals surface area contributed by atoms with Gasteiger partial charge in [-0.3, -0.25) is 4.79 Å². The van der Waals surface area contributed by atoms with E-state index in [4.69, 9.17) is 4.84 Å². The van der Waals surface area contributed by atoms with E-state index in [9.17, 15) is 9.90 Å². The van der Waals surface area contributed by atoms with Crippen LogP contribution in [-0.4, -0.2) is 23.9 Å². The summed E-state index contributed by atoms with van der Waals surface area (Å²) in [5, 5.41) is 14.4. The van der Waals surface area contributed by atoms with Gasteiger partial charge in [-0.1, -0.05) is 71.0 Å². The van der Waals surface area contributed by atoms with E-state index in [0.29, 0.717) is 12.5 Å². The van der Waals surface area contributed by atoms with E-state index >= 15 is 0 Å². The van der Waals surface area contributed by atoms with Crippen molar-refractivity contribution in [2.24, 2.45) is 16.5 Å². The van der Waals surface area contributed by atoms with Crippen LogP contribution >= 0.6 is 0 Å². The minimum absolute atomic E-state index is 0.101. The van der Waals surface area contributed by atoms with Crippen LogP contribution in [0.1, 0.15) is 127 Å². The Morgan fingerprint density at radius 1 is 1.18 bits per heavy atom. The highest BCUT2D eigenvalue weighted by atomic mass is 16.6. The summed E-state index contributed by atoms with van der Waals surface area (Å²) < 4.78 is 0. The molecule has 184 valence electrons. The quantitative estimate of drug-likeness (QED) is 0.212. The normalized spacial score (nSPS) is 26.9. The Bertz CT molecular complexity index is 846. The van der Waals surface area contributed by atoms with E-state index in [0.717, 1.165) is 44.1 Å². The first kappa shape index (κ1) is 25.8. The maximum absolute atomic E-state index is 12.3. The fraction of sp³-hybridized carbons (Fsp3) is 0.724. The molecule has 4 heteroatoms. The summed E-state index contributed by atoms with van der Waals surface area (Å²) >= 11 is 0. The lowest BCUT2D eigenvalue weighted by Gasteiger charge is -2.53. The summed E-state index contributed by atoms with van der Waals surface area (Å²) in [6.45, 7) is 11.6. The van der Waals surface area contributed by atoms with E-state index in [-0.39, 0.29) is 11.3 Å². The van der Waals surface area contributed by atoms with Gasteiger partial charge in [-0.05, 0) is 91.0 Å². The zero-order valence-electron chi connectivity index (χ0n) is 21.6. The molecule has 1 unspecified atom stereocenters.